The van der Waals surface area contributed by atoms with Gasteiger partial charge in [-0.1, -0.05) is 0 Å². The van der Waals surface area contributed by atoms with E-state index in [1.807, 2.05) is 0 Å². The normalized spacial score (nSPS) is 22.6. The van der Waals surface area contributed by atoms with Crippen molar-refractivity contribution in [1.82, 2.24) is 10.7 Å². The van der Waals surface area contributed by atoms with Gasteiger partial charge in [-0.15, -0.1) is 0 Å². The maximum Gasteiger partial charge on any atom is 0.328 e. The van der Waals surface area contributed by atoms with Crippen molar-refractivity contribution in [3.63, 3.8) is 0 Å². The van der Waals surface area contributed by atoms with Crippen LogP contribution in [0.2, 0.25) is 0 Å². The minimum absolute atomic E-state index is 0.258. The van der Waals surface area contributed by atoms with Gasteiger partial charge in [-0.2, -0.15) is 0 Å². The zero-order valence-electron chi connectivity index (χ0n) is 5.79. The van der Waals surface area contributed by atoms with Crippen molar-refractivity contribution < 1.29 is 9.53 Å². The van der Waals surface area contributed by atoms with E-state index in [9.17, 15) is 4.79 Å². The standard InChI is InChI=1S/C5H9N3O2S/c6-8-5(11)7-3-1-2-10-4(3)9/h3H,1-2,6H2,(H2,7,8,11). The number of hydrogen-bond acceptors (Lipinski definition) is 4. The second kappa shape index (κ2) is 3.49. The predicted molar refractivity (Wildman–Crippen MR) is 42.4 cm³/mol. The van der Waals surface area contributed by atoms with Gasteiger partial charge in [0.05, 0.1) is 6.61 Å². The van der Waals surface area contributed by atoms with Crippen LogP contribution in [-0.4, -0.2) is 23.7 Å². The van der Waals surface area contributed by atoms with Gasteiger partial charge < -0.3 is 15.5 Å². The number of carbonyl (C=O) groups excluding carboxylic acids is 1. The van der Waals surface area contributed by atoms with Gasteiger partial charge in [0.1, 0.15) is 6.04 Å². The van der Waals surface area contributed by atoms with Gasteiger partial charge in [0, 0.05) is 6.42 Å². The molecular formula is C5H9N3O2S. The van der Waals surface area contributed by atoms with E-state index in [1.165, 1.54) is 0 Å². The second-order valence-electron chi connectivity index (χ2n) is 2.13. The molecule has 1 aliphatic rings. The van der Waals surface area contributed by atoms with E-state index in [-0.39, 0.29) is 17.1 Å². The van der Waals surface area contributed by atoms with Crippen LogP contribution < -0.4 is 16.6 Å². The molecule has 0 bridgehead atoms. The van der Waals surface area contributed by atoms with Crippen LogP contribution in [0, 0.1) is 0 Å². The summed E-state index contributed by atoms with van der Waals surface area (Å²) in [5, 5.41) is 2.96. The molecule has 0 amide bonds. The van der Waals surface area contributed by atoms with Crippen molar-refractivity contribution in [3.05, 3.63) is 0 Å². The lowest BCUT2D eigenvalue weighted by Crippen LogP contribution is -2.46. The molecule has 0 aliphatic carbocycles. The maximum atomic E-state index is 10.8. The Labute approximate surface area is 69.2 Å². The van der Waals surface area contributed by atoms with Crippen LogP contribution in [0.3, 0.4) is 0 Å². The van der Waals surface area contributed by atoms with Crippen LogP contribution in [0.1, 0.15) is 6.42 Å². The Hall–Kier alpha value is -0.880. The van der Waals surface area contributed by atoms with E-state index >= 15 is 0 Å². The van der Waals surface area contributed by atoms with Gasteiger partial charge in [-0.25, -0.2) is 10.6 Å². The quantitative estimate of drug-likeness (QED) is 0.198. The van der Waals surface area contributed by atoms with Crippen molar-refractivity contribution in [1.29, 1.82) is 0 Å². The molecule has 11 heavy (non-hydrogen) atoms. The summed E-state index contributed by atoms with van der Waals surface area (Å²) in [5.74, 6) is 4.71. The van der Waals surface area contributed by atoms with E-state index in [0.29, 0.717) is 13.0 Å². The van der Waals surface area contributed by atoms with Gasteiger partial charge in [0.15, 0.2) is 5.11 Å². The number of hydrazine groups is 1. The van der Waals surface area contributed by atoms with Crippen molar-refractivity contribution >= 4 is 23.3 Å². The van der Waals surface area contributed by atoms with Crippen molar-refractivity contribution in [2.45, 2.75) is 12.5 Å². The fourth-order valence-electron chi connectivity index (χ4n) is 0.827. The molecule has 1 aliphatic heterocycles. The molecule has 1 rings (SSSR count). The molecule has 0 aromatic heterocycles. The lowest BCUT2D eigenvalue weighted by atomic mass is 10.2. The zero-order chi connectivity index (χ0) is 8.27. The number of esters is 1. The number of rotatable bonds is 1. The number of nitrogens with one attached hydrogen (secondary N) is 2. The highest BCUT2D eigenvalue weighted by Crippen LogP contribution is 2.04. The number of carbonyl (C=O) groups is 1. The van der Waals surface area contributed by atoms with Crippen LogP contribution in [0.25, 0.3) is 0 Å². The predicted octanol–water partition coefficient (Wildman–Crippen LogP) is -1.36. The fourth-order valence-corrected chi connectivity index (χ4v) is 0.969. The Morgan fingerprint density at radius 2 is 2.55 bits per heavy atom. The van der Waals surface area contributed by atoms with Crippen LogP contribution in [-0.2, 0) is 9.53 Å². The lowest BCUT2D eigenvalue weighted by molar-refractivity contribution is -0.139. The smallest absolute Gasteiger partial charge is 0.328 e. The fraction of sp³-hybridized carbons (Fsp3) is 0.600. The van der Waals surface area contributed by atoms with E-state index in [0.717, 1.165) is 0 Å². The number of ether oxygens (including phenoxy) is 1. The van der Waals surface area contributed by atoms with Gasteiger partial charge in [0.2, 0.25) is 0 Å². The molecule has 4 N–H and O–H groups in total. The minimum Gasteiger partial charge on any atom is -0.464 e. The van der Waals surface area contributed by atoms with E-state index in [4.69, 9.17) is 5.84 Å². The van der Waals surface area contributed by atoms with E-state index in [2.05, 4.69) is 27.7 Å². The third-order valence-corrected chi connectivity index (χ3v) is 1.61. The topological polar surface area (TPSA) is 76.4 Å². The summed E-state index contributed by atoms with van der Waals surface area (Å²) < 4.78 is 4.68. The van der Waals surface area contributed by atoms with E-state index in [1.54, 1.807) is 0 Å². The maximum absolute atomic E-state index is 10.8. The third kappa shape index (κ3) is 2.02. The van der Waals surface area contributed by atoms with Gasteiger partial charge >= 0.3 is 5.97 Å². The Balaban J connectivity index is 2.36. The molecule has 1 saturated heterocycles. The van der Waals surface area contributed by atoms with Crippen LogP contribution in [0.5, 0.6) is 0 Å². The summed E-state index contributed by atoms with van der Waals surface area (Å²) in [6.07, 6.45) is 0.640. The average molecular weight is 175 g/mol. The monoisotopic (exact) mass is 175 g/mol. The summed E-state index contributed by atoms with van der Waals surface area (Å²) in [7, 11) is 0. The number of thiocarbonyl (C=S) groups is 1. The Bertz CT molecular complexity index is 185. The lowest BCUT2D eigenvalue weighted by Gasteiger charge is -2.09. The largest absolute Gasteiger partial charge is 0.464 e. The van der Waals surface area contributed by atoms with Crippen LogP contribution >= 0.6 is 12.2 Å². The first-order chi connectivity index (χ1) is 5.24. The van der Waals surface area contributed by atoms with Gasteiger partial charge in [-0.05, 0) is 12.2 Å². The molecule has 1 heterocycles. The first-order valence-electron chi connectivity index (χ1n) is 3.18. The number of nitrogens with two attached hydrogens (primary N) is 1. The summed E-state index contributed by atoms with van der Waals surface area (Å²) >= 11 is 4.69. The third-order valence-electron chi connectivity index (χ3n) is 1.37. The molecule has 6 heteroatoms. The van der Waals surface area contributed by atoms with Gasteiger partial charge in [-0.3, -0.25) is 0 Å². The molecule has 0 aromatic carbocycles. The first kappa shape index (κ1) is 8.22. The van der Waals surface area contributed by atoms with E-state index < -0.39 is 0 Å². The molecule has 0 spiro atoms. The van der Waals surface area contributed by atoms with Gasteiger partial charge in [0.25, 0.3) is 0 Å². The highest BCUT2D eigenvalue weighted by atomic mass is 32.1. The van der Waals surface area contributed by atoms with Crippen LogP contribution in [0.15, 0.2) is 0 Å². The molecular weight excluding hydrogens is 166 g/mol. The summed E-state index contributed by atoms with van der Waals surface area (Å²) in [5.41, 5.74) is 2.22. The zero-order valence-corrected chi connectivity index (χ0v) is 6.61. The molecule has 0 saturated carbocycles. The van der Waals surface area contributed by atoms with Crippen molar-refractivity contribution in [2.24, 2.45) is 5.84 Å². The highest BCUT2D eigenvalue weighted by Gasteiger charge is 2.26. The minimum atomic E-state index is -0.335. The SMILES string of the molecule is NNC(=S)NC1CCOC1=O. The number of cyclic esters (lactones) is 1. The average Bonchev–Trinajstić information content (AvgIpc) is 2.37. The molecule has 62 valence electrons. The highest BCUT2D eigenvalue weighted by molar-refractivity contribution is 7.80. The molecule has 1 unspecified atom stereocenters. The molecule has 1 atom stereocenters. The first-order valence-corrected chi connectivity index (χ1v) is 3.58. The summed E-state index contributed by atoms with van der Waals surface area (Å²) in [4.78, 5) is 10.8. The molecule has 5 nitrogen and oxygen atoms in total. The van der Waals surface area contributed by atoms with Crippen LogP contribution in [0.4, 0.5) is 0 Å². The molecule has 0 aromatic rings. The van der Waals surface area contributed by atoms with Crippen molar-refractivity contribution in [2.75, 3.05) is 6.61 Å². The molecule has 1 fully saturated rings. The Morgan fingerprint density at radius 1 is 1.82 bits per heavy atom. The molecule has 0 radical (unpaired) electrons. The summed E-state index contributed by atoms with van der Waals surface area (Å²) in [6.45, 7) is 0.448. The Morgan fingerprint density at radius 3 is 3.00 bits per heavy atom. The van der Waals surface area contributed by atoms with Crippen molar-refractivity contribution in [3.8, 4) is 0 Å². The number of hydrogen-bond donors (Lipinski definition) is 3. The second-order valence-corrected chi connectivity index (χ2v) is 2.53. The summed E-state index contributed by atoms with van der Waals surface area (Å²) in [6, 6.07) is -0.335. The Kier molecular flexibility index (Phi) is 2.61.